The van der Waals surface area contributed by atoms with Crippen LogP contribution >= 0.6 is 23.2 Å². The van der Waals surface area contributed by atoms with Gasteiger partial charge < -0.3 is 9.84 Å². The molecular weight excluding hydrogens is 373 g/mol. The molecule has 2 fully saturated rings. The molecule has 1 aromatic carbocycles. The average Bonchev–Trinajstić information content (AvgIpc) is 3.30. The van der Waals surface area contributed by atoms with Crippen LogP contribution in [0.2, 0.25) is 10.0 Å². The van der Waals surface area contributed by atoms with Crippen LogP contribution < -0.4 is 5.32 Å². The van der Waals surface area contributed by atoms with Crippen LogP contribution in [0.3, 0.4) is 0 Å². The summed E-state index contributed by atoms with van der Waals surface area (Å²) in [6.45, 7) is 2.74. The summed E-state index contributed by atoms with van der Waals surface area (Å²) in [5, 5.41) is 8.25. The number of aromatic nitrogens is 1. The van der Waals surface area contributed by atoms with E-state index in [2.05, 4.69) is 15.4 Å². The summed E-state index contributed by atoms with van der Waals surface area (Å²) in [5.74, 6) is 0.431. The topological polar surface area (TPSA) is 58.4 Å². The van der Waals surface area contributed by atoms with Gasteiger partial charge in [-0.1, -0.05) is 34.4 Å². The molecule has 2 aliphatic rings. The molecule has 0 unspecified atom stereocenters. The molecule has 0 bridgehead atoms. The Hall–Kier alpha value is -1.56. The van der Waals surface area contributed by atoms with E-state index < -0.39 is 0 Å². The summed E-state index contributed by atoms with van der Waals surface area (Å²) in [4.78, 5) is 14.5. The normalized spacial score (nSPS) is 20.9. The Morgan fingerprint density at radius 3 is 2.85 bits per heavy atom. The molecule has 2 heterocycles. The lowest BCUT2D eigenvalue weighted by atomic mass is 9.94. The number of carbonyl (C=O) groups is 1. The first-order chi connectivity index (χ1) is 12.6. The summed E-state index contributed by atoms with van der Waals surface area (Å²) in [7, 11) is 0. The number of hydrogen-bond acceptors (Lipinski definition) is 4. The van der Waals surface area contributed by atoms with Gasteiger partial charge in [0.1, 0.15) is 0 Å². The van der Waals surface area contributed by atoms with Gasteiger partial charge in [0.05, 0.1) is 15.7 Å². The van der Waals surface area contributed by atoms with E-state index in [9.17, 15) is 4.79 Å². The number of nitrogens with zero attached hydrogens (tertiary/aromatic N) is 2. The van der Waals surface area contributed by atoms with Gasteiger partial charge in [-0.25, -0.2) is 0 Å². The minimum Gasteiger partial charge on any atom is -0.351 e. The zero-order chi connectivity index (χ0) is 18.1. The summed E-state index contributed by atoms with van der Waals surface area (Å²) in [5.41, 5.74) is 2.01. The second-order valence-electron chi connectivity index (χ2n) is 7.19. The molecular formula is C19H21Cl2N3O2. The number of rotatable bonds is 5. The Morgan fingerprint density at radius 1 is 1.23 bits per heavy atom. The van der Waals surface area contributed by atoms with Gasteiger partial charge >= 0.3 is 0 Å². The Bertz CT molecular complexity index is 804. The first-order valence-electron chi connectivity index (χ1n) is 9.02. The van der Waals surface area contributed by atoms with E-state index in [4.69, 9.17) is 27.7 Å². The summed E-state index contributed by atoms with van der Waals surface area (Å²) < 4.78 is 5.28. The molecule has 1 aliphatic carbocycles. The number of carbonyl (C=O) groups excluding carboxylic acids is 1. The van der Waals surface area contributed by atoms with Crippen molar-refractivity contribution in [3.8, 4) is 0 Å². The summed E-state index contributed by atoms with van der Waals surface area (Å²) >= 11 is 12.1. The SMILES string of the molecule is O=C(NC1CC1)c1cc([C@@H]2CCCN(Cc3ccc(Cl)c(Cl)c3)C2)no1. The number of amides is 1. The molecule has 1 aliphatic heterocycles. The van der Waals surface area contributed by atoms with Crippen molar-refractivity contribution in [2.75, 3.05) is 13.1 Å². The summed E-state index contributed by atoms with van der Waals surface area (Å²) in [6, 6.07) is 7.87. The molecule has 1 amide bonds. The van der Waals surface area contributed by atoms with Gasteiger partial charge in [0, 0.05) is 31.1 Å². The Morgan fingerprint density at radius 2 is 2.08 bits per heavy atom. The lowest BCUT2D eigenvalue weighted by molar-refractivity contribution is 0.0914. The van der Waals surface area contributed by atoms with Crippen molar-refractivity contribution in [3.63, 3.8) is 0 Å². The molecule has 4 rings (SSSR count). The first kappa shape index (κ1) is 17.8. The molecule has 0 radical (unpaired) electrons. The number of benzene rings is 1. The van der Waals surface area contributed by atoms with E-state index in [1.165, 1.54) is 0 Å². The third-order valence-corrected chi connectivity index (χ3v) is 5.72. The fourth-order valence-electron chi connectivity index (χ4n) is 3.41. The van der Waals surface area contributed by atoms with Crippen molar-refractivity contribution in [1.82, 2.24) is 15.4 Å². The van der Waals surface area contributed by atoms with Gasteiger partial charge in [-0.3, -0.25) is 9.69 Å². The number of nitrogens with one attached hydrogen (secondary N) is 1. The van der Waals surface area contributed by atoms with Crippen LogP contribution in [0.1, 0.15) is 53.4 Å². The van der Waals surface area contributed by atoms with Crippen LogP contribution in [0.4, 0.5) is 0 Å². The van der Waals surface area contributed by atoms with Gasteiger partial charge in [0.25, 0.3) is 5.91 Å². The average molecular weight is 394 g/mol. The smallest absolute Gasteiger partial charge is 0.290 e. The standard InChI is InChI=1S/C19H21Cl2N3O2/c20-15-6-3-12(8-16(15)21)10-24-7-1-2-13(11-24)17-9-18(26-23-17)19(25)22-14-4-5-14/h3,6,8-9,13-14H,1-2,4-5,7,10-11H2,(H,22,25)/t13-/m1/s1. The van der Waals surface area contributed by atoms with Crippen molar-refractivity contribution >= 4 is 29.1 Å². The molecule has 1 saturated carbocycles. The number of halogens is 2. The molecule has 0 spiro atoms. The Balaban J connectivity index is 1.39. The van der Waals surface area contributed by atoms with Crippen LogP contribution in [0.15, 0.2) is 28.8 Å². The van der Waals surface area contributed by atoms with Gasteiger partial charge in [-0.05, 0) is 49.9 Å². The molecule has 1 saturated heterocycles. The highest BCUT2D eigenvalue weighted by atomic mass is 35.5. The first-order valence-corrected chi connectivity index (χ1v) is 9.78. The maximum atomic E-state index is 12.1. The monoisotopic (exact) mass is 393 g/mol. The van der Waals surface area contributed by atoms with Crippen molar-refractivity contribution in [2.45, 2.75) is 44.2 Å². The highest BCUT2D eigenvalue weighted by Gasteiger charge is 2.28. The van der Waals surface area contributed by atoms with Crippen molar-refractivity contribution < 1.29 is 9.32 Å². The highest BCUT2D eigenvalue weighted by molar-refractivity contribution is 6.42. The zero-order valence-corrected chi connectivity index (χ0v) is 15.9. The van der Waals surface area contributed by atoms with E-state index in [1.807, 2.05) is 18.2 Å². The predicted molar refractivity (Wildman–Crippen MR) is 101 cm³/mol. The quantitative estimate of drug-likeness (QED) is 0.824. The molecule has 2 aromatic rings. The summed E-state index contributed by atoms with van der Waals surface area (Å²) in [6.07, 6.45) is 4.24. The molecule has 5 nitrogen and oxygen atoms in total. The molecule has 1 aromatic heterocycles. The fraction of sp³-hybridized carbons (Fsp3) is 0.474. The molecule has 26 heavy (non-hydrogen) atoms. The lowest BCUT2D eigenvalue weighted by Gasteiger charge is -2.31. The van der Waals surface area contributed by atoms with Gasteiger partial charge in [-0.2, -0.15) is 0 Å². The third kappa shape index (κ3) is 4.22. The van der Waals surface area contributed by atoms with E-state index in [-0.39, 0.29) is 11.8 Å². The van der Waals surface area contributed by atoms with Crippen LogP contribution in [0.5, 0.6) is 0 Å². The van der Waals surface area contributed by atoms with Crippen molar-refractivity contribution in [2.24, 2.45) is 0 Å². The molecule has 1 atom stereocenters. The zero-order valence-electron chi connectivity index (χ0n) is 14.4. The number of piperidine rings is 1. The second kappa shape index (κ2) is 7.59. The maximum absolute atomic E-state index is 12.1. The van der Waals surface area contributed by atoms with Crippen molar-refractivity contribution in [1.29, 1.82) is 0 Å². The van der Waals surface area contributed by atoms with E-state index >= 15 is 0 Å². The molecule has 7 heteroatoms. The maximum Gasteiger partial charge on any atom is 0.290 e. The van der Waals surface area contributed by atoms with E-state index in [0.717, 1.165) is 56.6 Å². The second-order valence-corrected chi connectivity index (χ2v) is 8.00. The van der Waals surface area contributed by atoms with Crippen LogP contribution in [0, 0.1) is 0 Å². The highest BCUT2D eigenvalue weighted by Crippen LogP contribution is 2.29. The van der Waals surface area contributed by atoms with E-state index in [0.29, 0.717) is 21.8 Å². The van der Waals surface area contributed by atoms with Crippen molar-refractivity contribution in [3.05, 3.63) is 51.3 Å². The lowest BCUT2D eigenvalue weighted by Crippen LogP contribution is -2.34. The minimum absolute atomic E-state index is 0.158. The van der Waals surface area contributed by atoms with Gasteiger partial charge in [0.15, 0.2) is 0 Å². The minimum atomic E-state index is -0.158. The Labute approximate surface area is 162 Å². The number of likely N-dealkylation sites (tertiary alicyclic amines) is 1. The number of hydrogen-bond donors (Lipinski definition) is 1. The van der Waals surface area contributed by atoms with Crippen LogP contribution in [-0.4, -0.2) is 35.1 Å². The predicted octanol–water partition coefficient (Wildman–Crippen LogP) is 4.25. The largest absolute Gasteiger partial charge is 0.351 e. The van der Waals surface area contributed by atoms with Gasteiger partial charge in [0.2, 0.25) is 5.76 Å². The van der Waals surface area contributed by atoms with E-state index in [1.54, 1.807) is 6.07 Å². The van der Waals surface area contributed by atoms with Crippen LogP contribution in [0.25, 0.3) is 0 Å². The third-order valence-electron chi connectivity index (χ3n) is 4.98. The fourth-order valence-corrected chi connectivity index (χ4v) is 3.73. The van der Waals surface area contributed by atoms with Crippen LogP contribution in [-0.2, 0) is 6.54 Å². The molecule has 1 N–H and O–H groups in total. The molecule has 138 valence electrons. The van der Waals surface area contributed by atoms with Gasteiger partial charge in [-0.15, -0.1) is 0 Å². The Kier molecular flexibility index (Phi) is 5.20.